The molecule has 0 aromatic heterocycles. The third kappa shape index (κ3) is 35.8. The predicted molar refractivity (Wildman–Crippen MR) is 275 cm³/mol. The van der Waals surface area contributed by atoms with Gasteiger partial charge in [-0.05, 0) is 77.0 Å². The number of carbonyl (C=O) groups is 4. The zero-order chi connectivity index (χ0) is 50.4. The lowest BCUT2D eigenvalue weighted by Gasteiger charge is -2.40. The molecule has 12 heteroatoms. The van der Waals surface area contributed by atoms with Gasteiger partial charge in [-0.15, -0.1) is 0 Å². The molecule has 1 aliphatic rings. The molecule has 0 spiro atoms. The average Bonchev–Trinajstić information content (AvgIpc) is 3.33. The largest absolute Gasteiger partial charge is 0.479 e. The van der Waals surface area contributed by atoms with Crippen molar-refractivity contribution in [2.24, 2.45) is 0 Å². The molecule has 0 aromatic carbocycles. The lowest BCUT2D eigenvalue weighted by Crippen LogP contribution is -2.61. The number of esters is 3. The van der Waals surface area contributed by atoms with Crippen molar-refractivity contribution in [2.75, 3.05) is 13.2 Å². The number of allylic oxidation sites excluding steroid dienone is 12. The first-order valence-electron chi connectivity index (χ1n) is 26.9. The Morgan fingerprint density at radius 1 is 0.493 bits per heavy atom. The smallest absolute Gasteiger partial charge is 0.335 e. The van der Waals surface area contributed by atoms with Crippen LogP contribution in [0.4, 0.5) is 0 Å². The molecular formula is C57H94O12. The number of carboxylic acids is 1. The van der Waals surface area contributed by atoms with E-state index < -0.39 is 67.3 Å². The van der Waals surface area contributed by atoms with Gasteiger partial charge in [0.1, 0.15) is 18.8 Å². The molecule has 1 fully saturated rings. The molecule has 3 N–H and O–H groups in total. The molecule has 0 aromatic rings. The Bertz CT molecular complexity index is 1480. The molecule has 1 rings (SSSR count). The van der Waals surface area contributed by atoms with Gasteiger partial charge in [0.2, 0.25) is 0 Å². The van der Waals surface area contributed by atoms with Crippen LogP contribution in [0.1, 0.15) is 213 Å². The maximum absolute atomic E-state index is 13.1. The monoisotopic (exact) mass is 971 g/mol. The lowest BCUT2D eigenvalue weighted by atomic mass is 9.98. The van der Waals surface area contributed by atoms with Crippen LogP contribution < -0.4 is 0 Å². The quantitative estimate of drug-likeness (QED) is 0.0228. The van der Waals surface area contributed by atoms with Crippen molar-refractivity contribution >= 4 is 23.9 Å². The summed E-state index contributed by atoms with van der Waals surface area (Å²) in [7, 11) is 0. The second-order valence-electron chi connectivity index (χ2n) is 18.1. The fourth-order valence-electron chi connectivity index (χ4n) is 7.65. The second-order valence-corrected chi connectivity index (χ2v) is 18.1. The van der Waals surface area contributed by atoms with Crippen molar-refractivity contribution in [1.82, 2.24) is 0 Å². The van der Waals surface area contributed by atoms with Crippen LogP contribution in [0.15, 0.2) is 72.9 Å². The third-order valence-electron chi connectivity index (χ3n) is 11.8. The van der Waals surface area contributed by atoms with E-state index >= 15 is 0 Å². The summed E-state index contributed by atoms with van der Waals surface area (Å²) >= 11 is 0. The molecule has 6 unspecified atom stereocenters. The number of hydrogen-bond acceptors (Lipinski definition) is 11. The number of carboxylic acid groups (broad SMARTS) is 1. The van der Waals surface area contributed by atoms with Crippen molar-refractivity contribution in [1.29, 1.82) is 0 Å². The van der Waals surface area contributed by atoms with E-state index in [2.05, 4.69) is 75.5 Å². The van der Waals surface area contributed by atoms with Gasteiger partial charge in [-0.25, -0.2) is 4.79 Å². The van der Waals surface area contributed by atoms with Crippen molar-refractivity contribution in [3.63, 3.8) is 0 Å². The first-order chi connectivity index (χ1) is 33.6. The van der Waals surface area contributed by atoms with Crippen LogP contribution in [0.3, 0.4) is 0 Å². The Hall–Kier alpha value is -3.84. The summed E-state index contributed by atoms with van der Waals surface area (Å²) in [5, 5.41) is 31.3. The Labute approximate surface area is 417 Å². The standard InChI is InChI=1S/C57H94O12/c1-4-7-10-13-16-19-22-24-25-27-29-31-34-37-40-43-49(58)65-46-48(67-50(59)44-41-38-35-32-28-21-18-15-12-9-6-3)47-66-57-55(53(62)52(61)54(69-57)56(63)64)68-51(60)45-42-39-36-33-30-26-23-20-17-14-11-8-5-2/h8,11,16-17,19-20,24-26,30,36,39,48,52-55,57,61-62H,4-7,9-10,12-15,18,21-23,27-29,31-35,37-38,40-47H2,1-3H3,(H,63,64)/b11-8-,19-16-,20-17-,25-24-,30-26-,39-36-. The first kappa shape index (κ1) is 63.2. The van der Waals surface area contributed by atoms with E-state index in [1.54, 1.807) is 0 Å². The van der Waals surface area contributed by atoms with Crippen LogP contribution in [0.5, 0.6) is 0 Å². The molecule has 0 bridgehead atoms. The van der Waals surface area contributed by atoms with E-state index in [0.717, 1.165) is 83.5 Å². The first-order valence-corrected chi connectivity index (χ1v) is 26.9. The lowest BCUT2D eigenvalue weighted by molar-refractivity contribution is -0.301. The number of unbranched alkanes of at least 4 members (excludes halogenated alkanes) is 18. The summed E-state index contributed by atoms with van der Waals surface area (Å²) in [5.41, 5.74) is 0. The molecule has 0 amide bonds. The van der Waals surface area contributed by atoms with E-state index in [4.69, 9.17) is 23.7 Å². The van der Waals surface area contributed by atoms with Crippen LogP contribution >= 0.6 is 0 Å². The van der Waals surface area contributed by atoms with Crippen LogP contribution in [0, 0.1) is 0 Å². The molecule has 0 radical (unpaired) electrons. The number of aliphatic hydroxyl groups is 2. The molecule has 6 atom stereocenters. The number of hydrogen-bond donors (Lipinski definition) is 3. The SMILES string of the molecule is CC/C=C\C/C=C\C/C=C\C/C=C\CCC(=O)OC1C(OCC(COC(=O)CCCCCCC/C=C\C/C=C\CCCCC)OC(=O)CCCCCCCCCCCCC)OC(C(=O)O)C(O)C1O. The maximum Gasteiger partial charge on any atom is 0.335 e. The highest BCUT2D eigenvalue weighted by Gasteiger charge is 2.50. The van der Waals surface area contributed by atoms with E-state index in [9.17, 15) is 34.5 Å². The van der Waals surface area contributed by atoms with Gasteiger partial charge >= 0.3 is 23.9 Å². The Morgan fingerprint density at radius 3 is 1.48 bits per heavy atom. The van der Waals surface area contributed by atoms with E-state index in [-0.39, 0.29) is 25.9 Å². The van der Waals surface area contributed by atoms with Crippen molar-refractivity contribution in [3.8, 4) is 0 Å². The van der Waals surface area contributed by atoms with Crippen molar-refractivity contribution in [2.45, 2.75) is 250 Å². The predicted octanol–water partition coefficient (Wildman–Crippen LogP) is 13.0. The zero-order valence-electron chi connectivity index (χ0n) is 43.0. The molecular weight excluding hydrogens is 877 g/mol. The fourth-order valence-corrected chi connectivity index (χ4v) is 7.65. The number of rotatable bonds is 44. The van der Waals surface area contributed by atoms with Gasteiger partial charge in [-0.3, -0.25) is 14.4 Å². The minimum Gasteiger partial charge on any atom is -0.479 e. The van der Waals surface area contributed by atoms with E-state index in [0.29, 0.717) is 25.7 Å². The van der Waals surface area contributed by atoms with Crippen molar-refractivity contribution < 1.29 is 58.2 Å². The summed E-state index contributed by atoms with van der Waals surface area (Å²) < 4.78 is 28.2. The summed E-state index contributed by atoms with van der Waals surface area (Å²) in [4.78, 5) is 50.8. The van der Waals surface area contributed by atoms with Gasteiger partial charge in [0.15, 0.2) is 24.6 Å². The van der Waals surface area contributed by atoms with Gasteiger partial charge in [-0.2, -0.15) is 0 Å². The normalized spacial score (nSPS) is 19.2. The van der Waals surface area contributed by atoms with Crippen molar-refractivity contribution in [3.05, 3.63) is 72.9 Å². The number of carbonyl (C=O) groups excluding carboxylic acids is 3. The molecule has 394 valence electrons. The molecule has 0 aliphatic carbocycles. The molecule has 1 aliphatic heterocycles. The van der Waals surface area contributed by atoms with E-state index in [1.807, 2.05) is 18.2 Å². The van der Waals surface area contributed by atoms with Gasteiger partial charge in [0, 0.05) is 19.3 Å². The number of ether oxygens (including phenoxy) is 5. The molecule has 12 nitrogen and oxygen atoms in total. The Kier molecular flexibility index (Phi) is 41.5. The topological polar surface area (TPSA) is 175 Å². The minimum atomic E-state index is -1.93. The van der Waals surface area contributed by atoms with Crippen LogP contribution in [-0.2, 0) is 42.9 Å². The van der Waals surface area contributed by atoms with Crippen LogP contribution in [-0.4, -0.2) is 89.2 Å². The number of aliphatic hydroxyl groups excluding tert-OH is 2. The highest BCUT2D eigenvalue weighted by atomic mass is 16.7. The van der Waals surface area contributed by atoms with Gasteiger partial charge in [0.05, 0.1) is 6.61 Å². The van der Waals surface area contributed by atoms with Crippen LogP contribution in [0.2, 0.25) is 0 Å². The minimum absolute atomic E-state index is 0.0629. The average molecular weight is 971 g/mol. The van der Waals surface area contributed by atoms with Gasteiger partial charge in [0.25, 0.3) is 0 Å². The third-order valence-corrected chi connectivity index (χ3v) is 11.8. The summed E-state index contributed by atoms with van der Waals surface area (Å²) in [6.07, 6.45) is 43.3. The van der Waals surface area contributed by atoms with Gasteiger partial charge in [-0.1, -0.05) is 190 Å². The van der Waals surface area contributed by atoms with Gasteiger partial charge < -0.3 is 39.0 Å². The summed E-state index contributed by atoms with van der Waals surface area (Å²) in [6, 6.07) is 0. The molecule has 1 heterocycles. The molecule has 69 heavy (non-hydrogen) atoms. The highest BCUT2D eigenvalue weighted by molar-refractivity contribution is 5.74. The Morgan fingerprint density at radius 2 is 0.942 bits per heavy atom. The summed E-state index contributed by atoms with van der Waals surface area (Å²) in [5.74, 6) is -3.24. The zero-order valence-corrected chi connectivity index (χ0v) is 43.0. The fraction of sp³-hybridized carbons (Fsp3) is 0.719. The van der Waals surface area contributed by atoms with Crippen LogP contribution in [0.25, 0.3) is 0 Å². The Balaban J connectivity index is 2.77. The number of aliphatic carboxylic acids is 1. The highest BCUT2D eigenvalue weighted by Crippen LogP contribution is 2.26. The molecule has 1 saturated heterocycles. The van der Waals surface area contributed by atoms with E-state index in [1.165, 1.54) is 64.2 Å². The summed E-state index contributed by atoms with van der Waals surface area (Å²) in [6.45, 7) is 5.77. The second kappa shape index (κ2) is 45.3. The molecule has 0 saturated carbocycles. The maximum atomic E-state index is 13.1.